The van der Waals surface area contributed by atoms with Gasteiger partial charge >= 0.3 is 0 Å². The van der Waals surface area contributed by atoms with Gasteiger partial charge in [0.25, 0.3) is 11.8 Å². The van der Waals surface area contributed by atoms with E-state index in [-0.39, 0.29) is 17.9 Å². The lowest BCUT2D eigenvalue weighted by atomic mass is 10.1. The van der Waals surface area contributed by atoms with Crippen molar-refractivity contribution < 1.29 is 9.59 Å². The van der Waals surface area contributed by atoms with Gasteiger partial charge in [0.2, 0.25) is 0 Å². The molecule has 1 saturated carbocycles. The molecule has 4 aromatic rings. The normalized spacial score (nSPS) is 21.7. The largest absolute Gasteiger partial charge is 0.349 e. The van der Waals surface area contributed by atoms with E-state index in [2.05, 4.69) is 15.4 Å². The minimum absolute atomic E-state index is 0.00618. The van der Waals surface area contributed by atoms with Crippen molar-refractivity contribution in [1.82, 2.24) is 29.4 Å². The van der Waals surface area contributed by atoms with E-state index in [1.807, 2.05) is 64.3 Å². The van der Waals surface area contributed by atoms with Gasteiger partial charge < -0.3 is 10.2 Å². The summed E-state index contributed by atoms with van der Waals surface area (Å²) in [5.41, 5.74) is 2.67. The molecule has 0 bridgehead atoms. The molecule has 4 heterocycles. The van der Waals surface area contributed by atoms with E-state index in [1.165, 1.54) is 11.3 Å². The summed E-state index contributed by atoms with van der Waals surface area (Å²) >= 11 is 1.50. The molecule has 1 aromatic carbocycles. The number of nitrogens with zero attached hydrogens (tertiary/aromatic N) is 5. The molecule has 3 atom stereocenters. The van der Waals surface area contributed by atoms with Crippen molar-refractivity contribution in [2.75, 3.05) is 13.1 Å². The summed E-state index contributed by atoms with van der Waals surface area (Å²) in [4.78, 5) is 33.8. The summed E-state index contributed by atoms with van der Waals surface area (Å²) in [7, 11) is 0. The van der Waals surface area contributed by atoms with Crippen molar-refractivity contribution in [2.24, 2.45) is 11.8 Å². The standard InChI is InChI=1S/C23H22N6O2S/c1-14-20(27-9-10-32-23(27)26-14)21(30)24-12-19-17-11-15(17)13-28(19)22(31)16-5-2-3-6-18(16)29-8-4-7-25-29/h2-10,15,17,19H,11-13H2,1H3,(H,24,30)/t15-,17-,19+/m0/s1. The Bertz CT molecular complexity index is 1320. The van der Waals surface area contributed by atoms with Gasteiger partial charge in [0.15, 0.2) is 4.96 Å². The number of aromatic nitrogens is 4. The quantitative estimate of drug-likeness (QED) is 0.511. The van der Waals surface area contributed by atoms with Gasteiger partial charge in [-0.05, 0) is 43.4 Å². The minimum Gasteiger partial charge on any atom is -0.349 e. The Kier molecular flexibility index (Phi) is 4.39. The molecule has 8 nitrogen and oxygen atoms in total. The number of piperidine rings is 1. The molecule has 1 aliphatic heterocycles. The molecule has 9 heteroatoms. The number of carbonyl (C=O) groups is 2. The lowest BCUT2D eigenvalue weighted by Gasteiger charge is -2.28. The molecule has 0 spiro atoms. The zero-order chi connectivity index (χ0) is 21.8. The number of thiazole rings is 1. The average Bonchev–Trinajstić information content (AvgIpc) is 3.25. The van der Waals surface area contributed by atoms with Crippen molar-refractivity contribution >= 4 is 28.1 Å². The highest BCUT2D eigenvalue weighted by atomic mass is 32.1. The predicted octanol–water partition coefficient (Wildman–Crippen LogP) is 2.78. The number of imidazole rings is 1. The van der Waals surface area contributed by atoms with Gasteiger partial charge in [-0.25, -0.2) is 9.67 Å². The number of benzene rings is 1. The maximum Gasteiger partial charge on any atom is 0.270 e. The molecule has 32 heavy (non-hydrogen) atoms. The Balaban J connectivity index is 1.23. The monoisotopic (exact) mass is 446 g/mol. The van der Waals surface area contributed by atoms with Gasteiger partial charge in [-0.1, -0.05) is 12.1 Å². The second kappa shape index (κ2) is 7.30. The molecule has 2 aliphatic rings. The molecular formula is C23H22N6O2S. The Hall–Kier alpha value is -3.46. The maximum atomic E-state index is 13.6. The van der Waals surface area contributed by atoms with E-state index in [4.69, 9.17) is 0 Å². The highest BCUT2D eigenvalue weighted by Gasteiger charge is 2.54. The zero-order valence-electron chi connectivity index (χ0n) is 17.5. The Labute approximate surface area is 188 Å². The SMILES string of the molecule is Cc1nc2sccn2c1C(=O)NC[C@@H]1[C@H]2C[C@H]2CN1C(=O)c1ccccc1-n1cccn1. The molecule has 6 rings (SSSR count). The first-order chi connectivity index (χ1) is 15.6. The van der Waals surface area contributed by atoms with E-state index < -0.39 is 0 Å². The molecule has 0 unspecified atom stereocenters. The molecule has 162 valence electrons. The third kappa shape index (κ3) is 3.03. The van der Waals surface area contributed by atoms with E-state index in [9.17, 15) is 9.59 Å². The third-order valence-corrected chi connectivity index (χ3v) is 7.33. The first-order valence-corrected chi connectivity index (χ1v) is 11.6. The van der Waals surface area contributed by atoms with Gasteiger partial charge in [-0.3, -0.25) is 14.0 Å². The summed E-state index contributed by atoms with van der Waals surface area (Å²) in [5, 5.41) is 9.29. The first kappa shape index (κ1) is 19.2. The number of nitrogens with one attached hydrogen (secondary N) is 1. The van der Waals surface area contributed by atoms with Gasteiger partial charge in [-0.15, -0.1) is 11.3 Å². The van der Waals surface area contributed by atoms with E-state index in [0.29, 0.717) is 35.3 Å². The fourth-order valence-corrected chi connectivity index (χ4v) is 5.69. The van der Waals surface area contributed by atoms with Gasteiger partial charge in [-0.2, -0.15) is 5.10 Å². The van der Waals surface area contributed by atoms with Gasteiger partial charge in [0.05, 0.1) is 23.0 Å². The first-order valence-electron chi connectivity index (χ1n) is 10.7. The van der Waals surface area contributed by atoms with E-state index in [0.717, 1.165) is 23.6 Å². The Morgan fingerprint density at radius 3 is 2.94 bits per heavy atom. The lowest BCUT2D eigenvalue weighted by molar-refractivity contribution is 0.0694. The van der Waals surface area contributed by atoms with Crippen molar-refractivity contribution in [2.45, 2.75) is 19.4 Å². The van der Waals surface area contributed by atoms with Crippen LogP contribution in [0.5, 0.6) is 0 Å². The minimum atomic E-state index is -0.151. The molecule has 1 saturated heterocycles. The summed E-state index contributed by atoms with van der Waals surface area (Å²) in [5.74, 6) is 0.812. The zero-order valence-corrected chi connectivity index (χ0v) is 18.3. The molecule has 1 N–H and O–H groups in total. The van der Waals surface area contributed by atoms with E-state index >= 15 is 0 Å². The summed E-state index contributed by atoms with van der Waals surface area (Å²) in [6.07, 6.45) is 6.52. The van der Waals surface area contributed by atoms with Crippen molar-refractivity contribution in [3.63, 3.8) is 0 Å². The highest BCUT2D eigenvalue weighted by molar-refractivity contribution is 7.15. The third-order valence-electron chi connectivity index (χ3n) is 6.57. The molecule has 1 aliphatic carbocycles. The molecule has 2 amide bonds. The van der Waals surface area contributed by atoms with Crippen LogP contribution in [0.25, 0.3) is 10.6 Å². The van der Waals surface area contributed by atoms with Crippen LogP contribution in [0.4, 0.5) is 0 Å². The number of hydrogen-bond acceptors (Lipinski definition) is 5. The fraction of sp³-hybridized carbons (Fsp3) is 0.304. The van der Waals surface area contributed by atoms with Crippen molar-refractivity contribution in [3.8, 4) is 5.69 Å². The van der Waals surface area contributed by atoms with Crippen LogP contribution in [0.3, 0.4) is 0 Å². The predicted molar refractivity (Wildman–Crippen MR) is 120 cm³/mol. The number of likely N-dealkylation sites (tertiary alicyclic amines) is 1. The highest BCUT2D eigenvalue weighted by Crippen LogP contribution is 2.49. The second-order valence-electron chi connectivity index (χ2n) is 8.46. The average molecular weight is 447 g/mol. The summed E-state index contributed by atoms with van der Waals surface area (Å²) in [6.45, 7) is 3.02. The Morgan fingerprint density at radius 1 is 1.22 bits per heavy atom. The molecule has 3 aromatic heterocycles. The number of para-hydroxylation sites is 1. The number of hydrogen-bond donors (Lipinski definition) is 1. The smallest absolute Gasteiger partial charge is 0.270 e. The van der Waals surface area contributed by atoms with Gasteiger partial charge in [0, 0.05) is 37.1 Å². The number of carbonyl (C=O) groups excluding carboxylic acids is 2. The number of fused-ring (bicyclic) bond motifs is 2. The number of amides is 2. The molecule has 2 fully saturated rings. The van der Waals surface area contributed by atoms with Crippen LogP contribution in [0.2, 0.25) is 0 Å². The number of aryl methyl sites for hydroxylation is 1. The molecule has 0 radical (unpaired) electrons. The van der Waals surface area contributed by atoms with Gasteiger partial charge in [0.1, 0.15) is 5.69 Å². The van der Waals surface area contributed by atoms with Crippen LogP contribution in [0, 0.1) is 18.8 Å². The van der Waals surface area contributed by atoms with Crippen LogP contribution in [0.1, 0.15) is 33.0 Å². The fourth-order valence-electron chi connectivity index (χ4n) is 4.94. The van der Waals surface area contributed by atoms with Crippen molar-refractivity contribution in [1.29, 1.82) is 0 Å². The summed E-state index contributed by atoms with van der Waals surface area (Å²) in [6, 6.07) is 9.37. The van der Waals surface area contributed by atoms with E-state index in [1.54, 1.807) is 10.9 Å². The van der Waals surface area contributed by atoms with Crippen LogP contribution in [-0.2, 0) is 0 Å². The van der Waals surface area contributed by atoms with Crippen LogP contribution in [0.15, 0.2) is 54.3 Å². The van der Waals surface area contributed by atoms with Crippen LogP contribution >= 0.6 is 11.3 Å². The lowest BCUT2D eigenvalue weighted by Crippen LogP contribution is -2.46. The van der Waals surface area contributed by atoms with Crippen LogP contribution < -0.4 is 5.32 Å². The number of rotatable bonds is 5. The maximum absolute atomic E-state index is 13.6. The Morgan fingerprint density at radius 2 is 2.09 bits per heavy atom. The topological polar surface area (TPSA) is 84.5 Å². The molecular weight excluding hydrogens is 424 g/mol. The van der Waals surface area contributed by atoms with Crippen molar-refractivity contribution in [3.05, 3.63) is 71.3 Å². The van der Waals surface area contributed by atoms with Crippen LogP contribution in [-0.4, -0.2) is 55.0 Å². The second-order valence-corrected chi connectivity index (χ2v) is 9.34. The summed E-state index contributed by atoms with van der Waals surface area (Å²) < 4.78 is 3.54.